The van der Waals surface area contributed by atoms with Crippen LogP contribution in [0.5, 0.6) is 0 Å². The van der Waals surface area contributed by atoms with E-state index in [1.54, 1.807) is 21.6 Å². The lowest BCUT2D eigenvalue weighted by Gasteiger charge is -2.36. The number of hydrogen-bond acceptors (Lipinski definition) is 7. The van der Waals surface area contributed by atoms with Crippen molar-refractivity contribution in [2.75, 3.05) is 25.7 Å². The number of nitrogens with one attached hydrogen (secondary N) is 1. The largest absolute Gasteiger partial charge is 0.469 e. The van der Waals surface area contributed by atoms with Gasteiger partial charge in [0.1, 0.15) is 6.04 Å². The molecule has 22 heavy (non-hydrogen) atoms. The summed E-state index contributed by atoms with van der Waals surface area (Å²) in [6, 6.07) is 0.126. The number of rotatable bonds is 10. The van der Waals surface area contributed by atoms with E-state index >= 15 is 0 Å². The van der Waals surface area contributed by atoms with Gasteiger partial charge in [-0.05, 0) is 25.2 Å². The normalized spacial score (nSPS) is 23.3. The Hall–Kier alpha value is -0.400. The number of ether oxygens (including phenoxy) is 2. The van der Waals surface area contributed by atoms with Crippen LogP contribution in [0.25, 0.3) is 0 Å². The fraction of sp³-hybridized carbons (Fsp3) is 0.867. The maximum absolute atomic E-state index is 11.9. The molecule has 1 rings (SSSR count). The molecule has 5 nitrogen and oxygen atoms in total. The number of esters is 2. The van der Waals surface area contributed by atoms with Crippen molar-refractivity contribution in [1.82, 2.24) is 5.32 Å². The highest BCUT2D eigenvalue weighted by Crippen LogP contribution is 2.29. The van der Waals surface area contributed by atoms with Gasteiger partial charge in [-0.3, -0.25) is 9.59 Å². The van der Waals surface area contributed by atoms with Gasteiger partial charge in [-0.2, -0.15) is 0 Å². The molecule has 0 aliphatic heterocycles. The Bertz CT molecular complexity index is 367. The maximum Gasteiger partial charge on any atom is 0.323 e. The van der Waals surface area contributed by atoms with E-state index in [9.17, 15) is 9.59 Å². The number of methoxy groups -OCH3 is 2. The topological polar surface area (TPSA) is 64.6 Å². The molecule has 0 saturated heterocycles. The van der Waals surface area contributed by atoms with Crippen molar-refractivity contribution >= 4 is 33.5 Å². The minimum atomic E-state index is -0.284. The summed E-state index contributed by atoms with van der Waals surface area (Å²) in [5.74, 6) is 1.49. The van der Waals surface area contributed by atoms with Crippen molar-refractivity contribution in [1.29, 1.82) is 0 Å². The molecule has 1 fully saturated rings. The molecule has 0 aromatic rings. The third kappa shape index (κ3) is 6.01. The van der Waals surface area contributed by atoms with Gasteiger partial charge in [-0.15, -0.1) is 0 Å². The van der Waals surface area contributed by atoms with Gasteiger partial charge >= 0.3 is 11.9 Å². The lowest BCUT2D eigenvalue weighted by molar-refractivity contribution is -0.145. The SMILES string of the molecule is CC[C@@H](CSSC[C@@H](NC1CCC1C)C(=O)OC)C(=O)OC. The Morgan fingerprint density at radius 2 is 1.77 bits per heavy atom. The van der Waals surface area contributed by atoms with E-state index in [1.807, 2.05) is 6.92 Å². The Morgan fingerprint density at radius 3 is 2.23 bits per heavy atom. The molecule has 0 aromatic heterocycles. The van der Waals surface area contributed by atoms with Crippen LogP contribution in [0.3, 0.4) is 0 Å². The highest BCUT2D eigenvalue weighted by Gasteiger charge is 2.31. The minimum Gasteiger partial charge on any atom is -0.469 e. The van der Waals surface area contributed by atoms with E-state index in [4.69, 9.17) is 9.47 Å². The molecule has 7 heteroatoms. The first-order chi connectivity index (χ1) is 10.5. The second-order valence-electron chi connectivity index (χ2n) is 5.60. The van der Waals surface area contributed by atoms with Crippen molar-refractivity contribution in [2.24, 2.45) is 11.8 Å². The van der Waals surface area contributed by atoms with Crippen LogP contribution in [0, 0.1) is 11.8 Å². The highest BCUT2D eigenvalue weighted by atomic mass is 33.1. The van der Waals surface area contributed by atoms with Gasteiger partial charge < -0.3 is 14.8 Å². The molecule has 2 unspecified atom stereocenters. The first-order valence-electron chi connectivity index (χ1n) is 7.69. The zero-order valence-electron chi connectivity index (χ0n) is 13.8. The first kappa shape index (κ1) is 19.6. The third-order valence-electron chi connectivity index (χ3n) is 4.14. The molecule has 1 saturated carbocycles. The lowest BCUT2D eigenvalue weighted by Crippen LogP contribution is -2.51. The molecule has 0 spiro atoms. The summed E-state index contributed by atoms with van der Waals surface area (Å²) in [6.07, 6.45) is 3.09. The zero-order valence-corrected chi connectivity index (χ0v) is 15.4. The molecule has 0 aromatic carbocycles. The molecule has 1 aliphatic carbocycles. The second kappa shape index (κ2) is 10.4. The molecule has 0 bridgehead atoms. The van der Waals surface area contributed by atoms with Crippen LogP contribution in [-0.2, 0) is 19.1 Å². The molecule has 1 N–H and O–H groups in total. The molecule has 4 atom stereocenters. The fourth-order valence-electron chi connectivity index (χ4n) is 2.26. The van der Waals surface area contributed by atoms with Crippen LogP contribution in [0.4, 0.5) is 0 Å². The second-order valence-corrected chi connectivity index (χ2v) is 8.15. The van der Waals surface area contributed by atoms with E-state index in [0.717, 1.165) is 12.8 Å². The Balaban J connectivity index is 2.33. The molecule has 0 radical (unpaired) electrons. The molecule has 0 heterocycles. The molecule has 1 aliphatic rings. The van der Waals surface area contributed by atoms with E-state index in [2.05, 4.69) is 12.2 Å². The van der Waals surface area contributed by atoms with Gasteiger partial charge in [0.15, 0.2) is 0 Å². The Morgan fingerprint density at radius 1 is 1.14 bits per heavy atom. The quantitative estimate of drug-likeness (QED) is 0.369. The molecule has 128 valence electrons. The first-order valence-corrected chi connectivity index (χ1v) is 10.2. The number of carbonyl (C=O) groups excluding carboxylic acids is 2. The van der Waals surface area contributed by atoms with Gasteiger partial charge in [0, 0.05) is 17.5 Å². The number of carbonyl (C=O) groups is 2. The van der Waals surface area contributed by atoms with Gasteiger partial charge in [-0.25, -0.2) is 0 Å². The average Bonchev–Trinajstić information content (AvgIpc) is 2.54. The van der Waals surface area contributed by atoms with E-state index in [-0.39, 0.29) is 23.9 Å². The van der Waals surface area contributed by atoms with Gasteiger partial charge in [0.25, 0.3) is 0 Å². The van der Waals surface area contributed by atoms with Crippen LogP contribution < -0.4 is 5.32 Å². The van der Waals surface area contributed by atoms with Crippen LogP contribution in [-0.4, -0.2) is 49.7 Å². The summed E-state index contributed by atoms with van der Waals surface area (Å²) in [6.45, 7) is 4.17. The van der Waals surface area contributed by atoms with Gasteiger partial charge in [0.05, 0.1) is 20.1 Å². The van der Waals surface area contributed by atoms with Gasteiger partial charge in [-0.1, -0.05) is 35.4 Å². The summed E-state index contributed by atoms with van der Waals surface area (Å²) in [4.78, 5) is 23.4. The zero-order chi connectivity index (χ0) is 16.5. The summed E-state index contributed by atoms with van der Waals surface area (Å²) in [5, 5.41) is 3.39. The number of hydrogen-bond donors (Lipinski definition) is 1. The van der Waals surface area contributed by atoms with Crippen LogP contribution in [0.1, 0.15) is 33.1 Å². The predicted molar refractivity (Wildman–Crippen MR) is 91.8 cm³/mol. The third-order valence-corrected chi connectivity index (χ3v) is 6.63. The van der Waals surface area contributed by atoms with Crippen LogP contribution >= 0.6 is 21.6 Å². The van der Waals surface area contributed by atoms with Crippen molar-refractivity contribution < 1.29 is 19.1 Å². The van der Waals surface area contributed by atoms with E-state index in [1.165, 1.54) is 20.6 Å². The van der Waals surface area contributed by atoms with Crippen molar-refractivity contribution in [2.45, 2.75) is 45.2 Å². The fourth-order valence-corrected chi connectivity index (χ4v) is 4.84. The van der Waals surface area contributed by atoms with Crippen molar-refractivity contribution in [3.8, 4) is 0 Å². The molecular weight excluding hydrogens is 322 g/mol. The smallest absolute Gasteiger partial charge is 0.323 e. The summed E-state index contributed by atoms with van der Waals surface area (Å²) in [5.41, 5.74) is 0. The molecular formula is C15H27NO4S2. The predicted octanol–water partition coefficient (Wildman–Crippen LogP) is 2.50. The van der Waals surface area contributed by atoms with E-state index < -0.39 is 0 Å². The highest BCUT2D eigenvalue weighted by molar-refractivity contribution is 8.76. The minimum absolute atomic E-state index is 0.0845. The van der Waals surface area contributed by atoms with Gasteiger partial charge in [0.2, 0.25) is 0 Å². The standard InChI is InChI=1S/C15H27NO4S2/c1-5-11(14(17)19-3)8-21-22-9-13(15(18)20-4)16-12-7-6-10(12)2/h10-13,16H,5-9H2,1-4H3/t10?,11-,12?,13+/m0/s1. The van der Waals surface area contributed by atoms with Crippen molar-refractivity contribution in [3.05, 3.63) is 0 Å². The van der Waals surface area contributed by atoms with Crippen LogP contribution in [0.15, 0.2) is 0 Å². The molecule has 0 amide bonds. The summed E-state index contributed by atoms with van der Waals surface area (Å²) >= 11 is 0. The average molecular weight is 350 g/mol. The lowest BCUT2D eigenvalue weighted by atomic mass is 9.81. The Kier molecular flexibility index (Phi) is 9.28. The maximum atomic E-state index is 11.9. The summed E-state index contributed by atoms with van der Waals surface area (Å²) in [7, 11) is 6.04. The monoisotopic (exact) mass is 349 g/mol. The van der Waals surface area contributed by atoms with E-state index in [0.29, 0.717) is 23.5 Å². The van der Waals surface area contributed by atoms with Crippen molar-refractivity contribution in [3.63, 3.8) is 0 Å². The summed E-state index contributed by atoms with van der Waals surface area (Å²) < 4.78 is 9.65. The van der Waals surface area contributed by atoms with Crippen LogP contribution in [0.2, 0.25) is 0 Å². The Labute approximate surface area is 141 Å².